The Morgan fingerprint density at radius 3 is 2.52 bits per heavy atom. The number of hydrogen-bond acceptors (Lipinski definition) is 6. The number of thioether (sulfide) groups is 1. The van der Waals surface area contributed by atoms with E-state index < -0.39 is 0 Å². The molecule has 7 heteroatoms. The van der Waals surface area contributed by atoms with Gasteiger partial charge in [0.1, 0.15) is 0 Å². The molecule has 3 rings (SSSR count). The summed E-state index contributed by atoms with van der Waals surface area (Å²) < 4.78 is 0.935. The largest absolute Gasteiger partial charge is 0.369 e. The van der Waals surface area contributed by atoms with Crippen LogP contribution in [-0.2, 0) is 10.2 Å². The van der Waals surface area contributed by atoms with E-state index in [1.54, 1.807) is 11.3 Å². The van der Waals surface area contributed by atoms with Gasteiger partial charge in [0.05, 0.1) is 18.0 Å². The summed E-state index contributed by atoms with van der Waals surface area (Å²) in [5.41, 5.74) is 3.10. The van der Waals surface area contributed by atoms with Gasteiger partial charge < -0.3 is 10.2 Å². The van der Waals surface area contributed by atoms with Crippen molar-refractivity contribution in [3.63, 3.8) is 0 Å². The molecule has 5 nitrogen and oxygen atoms in total. The lowest BCUT2D eigenvalue weighted by Gasteiger charge is -2.35. The monoisotopic (exact) mass is 428 g/mol. The number of nitrogens with zero attached hydrogens (tertiary/aromatic N) is 3. The Morgan fingerprint density at radius 1 is 1.24 bits per heavy atom. The molecule has 1 saturated heterocycles. The fourth-order valence-electron chi connectivity index (χ4n) is 3.04. The SMILES string of the molecule is C#CCN1CCN(c2ccc(NC(=O)CSc3nc(C(C)(C)C)cs3)cc2)CC1. The smallest absolute Gasteiger partial charge is 0.234 e. The molecular formula is C22H28N4OS2. The second-order valence-electron chi connectivity index (χ2n) is 8.10. The molecule has 0 unspecified atom stereocenters. The van der Waals surface area contributed by atoms with Crippen molar-refractivity contribution in [1.82, 2.24) is 9.88 Å². The van der Waals surface area contributed by atoms with E-state index in [4.69, 9.17) is 6.42 Å². The molecule has 0 radical (unpaired) electrons. The summed E-state index contributed by atoms with van der Waals surface area (Å²) in [6.07, 6.45) is 5.39. The van der Waals surface area contributed by atoms with Crippen molar-refractivity contribution in [2.45, 2.75) is 30.5 Å². The normalized spacial score (nSPS) is 15.2. The summed E-state index contributed by atoms with van der Waals surface area (Å²) in [6.45, 7) is 11.0. The number of thiazole rings is 1. The van der Waals surface area contributed by atoms with Gasteiger partial charge in [-0.15, -0.1) is 17.8 Å². The fraction of sp³-hybridized carbons (Fsp3) is 0.455. The first-order valence-corrected chi connectivity index (χ1v) is 11.6. The summed E-state index contributed by atoms with van der Waals surface area (Å²) in [6, 6.07) is 8.06. The molecule has 1 N–H and O–H groups in total. The predicted molar refractivity (Wildman–Crippen MR) is 124 cm³/mol. The van der Waals surface area contributed by atoms with Crippen molar-refractivity contribution in [2.24, 2.45) is 0 Å². The van der Waals surface area contributed by atoms with Gasteiger partial charge in [-0.3, -0.25) is 9.69 Å². The predicted octanol–water partition coefficient (Wildman–Crippen LogP) is 3.93. The minimum Gasteiger partial charge on any atom is -0.369 e. The van der Waals surface area contributed by atoms with Gasteiger partial charge in [-0.25, -0.2) is 4.98 Å². The van der Waals surface area contributed by atoms with Gasteiger partial charge in [0.15, 0.2) is 4.34 Å². The first-order valence-electron chi connectivity index (χ1n) is 9.74. The molecule has 1 aliphatic rings. The van der Waals surface area contributed by atoms with Crippen LogP contribution >= 0.6 is 23.1 Å². The van der Waals surface area contributed by atoms with Crippen LogP contribution in [-0.4, -0.2) is 54.3 Å². The molecule has 1 aromatic heterocycles. The average molecular weight is 429 g/mol. The number of carbonyl (C=O) groups is 1. The molecule has 0 saturated carbocycles. The lowest BCUT2D eigenvalue weighted by molar-refractivity contribution is -0.113. The van der Waals surface area contributed by atoms with Crippen LogP contribution in [0.3, 0.4) is 0 Å². The fourth-order valence-corrected chi connectivity index (χ4v) is 4.89. The number of aromatic nitrogens is 1. The Labute approximate surface area is 181 Å². The molecule has 2 heterocycles. The highest BCUT2D eigenvalue weighted by atomic mass is 32.2. The number of hydrogen-bond donors (Lipinski definition) is 1. The number of terminal acetylenes is 1. The molecule has 29 heavy (non-hydrogen) atoms. The third kappa shape index (κ3) is 6.23. The van der Waals surface area contributed by atoms with Crippen LogP contribution in [0.5, 0.6) is 0 Å². The number of rotatable bonds is 6. The minimum absolute atomic E-state index is 0.0156. The van der Waals surface area contributed by atoms with E-state index in [1.165, 1.54) is 17.4 Å². The quantitative estimate of drug-likeness (QED) is 0.558. The number of amides is 1. The van der Waals surface area contributed by atoms with Crippen LogP contribution in [0.25, 0.3) is 0 Å². The Morgan fingerprint density at radius 2 is 1.93 bits per heavy atom. The van der Waals surface area contributed by atoms with E-state index in [1.807, 2.05) is 12.1 Å². The van der Waals surface area contributed by atoms with Gasteiger partial charge in [-0.1, -0.05) is 38.5 Å². The summed E-state index contributed by atoms with van der Waals surface area (Å²) in [4.78, 5) is 21.5. The second kappa shape index (κ2) is 9.66. The van der Waals surface area contributed by atoms with Gasteiger partial charge in [-0.2, -0.15) is 0 Å². The van der Waals surface area contributed by atoms with Crippen molar-refractivity contribution < 1.29 is 4.79 Å². The second-order valence-corrected chi connectivity index (χ2v) is 10.2. The number of benzene rings is 1. The van der Waals surface area contributed by atoms with E-state index in [0.29, 0.717) is 5.75 Å². The molecule has 0 atom stereocenters. The molecule has 1 fully saturated rings. The molecule has 2 aromatic rings. The van der Waals surface area contributed by atoms with Crippen molar-refractivity contribution in [3.8, 4) is 12.3 Å². The minimum atomic E-state index is -0.0156. The summed E-state index contributed by atoms with van der Waals surface area (Å²) in [7, 11) is 0. The first-order chi connectivity index (χ1) is 13.8. The van der Waals surface area contributed by atoms with E-state index in [0.717, 1.165) is 48.4 Å². The molecule has 0 bridgehead atoms. The zero-order valence-corrected chi connectivity index (χ0v) is 18.9. The lowest BCUT2D eigenvalue weighted by Crippen LogP contribution is -2.46. The zero-order valence-electron chi connectivity index (χ0n) is 17.3. The maximum atomic E-state index is 12.3. The van der Waals surface area contributed by atoms with E-state index >= 15 is 0 Å². The summed E-state index contributed by atoms with van der Waals surface area (Å²) in [5, 5.41) is 5.05. The van der Waals surface area contributed by atoms with Crippen LogP contribution in [0.1, 0.15) is 26.5 Å². The highest BCUT2D eigenvalue weighted by molar-refractivity contribution is 8.01. The van der Waals surface area contributed by atoms with Crippen LogP contribution in [0, 0.1) is 12.3 Å². The van der Waals surface area contributed by atoms with Crippen LogP contribution in [0.4, 0.5) is 11.4 Å². The number of piperazine rings is 1. The standard InChI is InChI=1S/C22H28N4OS2/c1-5-10-25-11-13-26(14-12-25)18-8-6-17(7-9-18)23-20(27)16-29-21-24-19(15-28-21)22(2,3)4/h1,6-9,15H,10-14,16H2,2-4H3,(H,23,27). The summed E-state index contributed by atoms with van der Waals surface area (Å²) >= 11 is 3.08. The average Bonchev–Trinajstić information content (AvgIpc) is 3.18. The Hall–Kier alpha value is -2.01. The molecule has 154 valence electrons. The molecule has 0 aliphatic carbocycles. The van der Waals surface area contributed by atoms with Gasteiger partial charge in [0, 0.05) is 48.3 Å². The van der Waals surface area contributed by atoms with Crippen molar-refractivity contribution in [2.75, 3.05) is 48.7 Å². The van der Waals surface area contributed by atoms with Gasteiger partial charge in [0.2, 0.25) is 5.91 Å². The third-order valence-corrected chi connectivity index (χ3v) is 6.80. The maximum Gasteiger partial charge on any atom is 0.234 e. The molecule has 1 amide bonds. The third-order valence-electron chi connectivity index (χ3n) is 4.78. The van der Waals surface area contributed by atoms with E-state index in [2.05, 4.69) is 64.3 Å². The lowest BCUT2D eigenvalue weighted by atomic mass is 9.93. The maximum absolute atomic E-state index is 12.3. The van der Waals surface area contributed by atoms with Crippen LogP contribution in [0.15, 0.2) is 34.0 Å². The Bertz CT molecular complexity index is 856. The van der Waals surface area contributed by atoms with E-state index in [9.17, 15) is 4.79 Å². The van der Waals surface area contributed by atoms with Crippen molar-refractivity contribution in [3.05, 3.63) is 35.3 Å². The van der Waals surface area contributed by atoms with Gasteiger partial charge in [-0.05, 0) is 24.3 Å². The molecule has 0 spiro atoms. The number of anilines is 2. The van der Waals surface area contributed by atoms with Crippen molar-refractivity contribution in [1.29, 1.82) is 0 Å². The van der Waals surface area contributed by atoms with Gasteiger partial charge in [0.25, 0.3) is 0 Å². The van der Waals surface area contributed by atoms with Crippen LogP contribution in [0.2, 0.25) is 0 Å². The van der Waals surface area contributed by atoms with Crippen molar-refractivity contribution >= 4 is 40.4 Å². The Kier molecular flexibility index (Phi) is 7.23. The van der Waals surface area contributed by atoms with Gasteiger partial charge >= 0.3 is 0 Å². The Balaban J connectivity index is 1.46. The number of carbonyl (C=O) groups excluding carboxylic acids is 1. The van der Waals surface area contributed by atoms with E-state index in [-0.39, 0.29) is 11.3 Å². The zero-order chi connectivity index (χ0) is 20.9. The molecular weight excluding hydrogens is 400 g/mol. The topological polar surface area (TPSA) is 48.5 Å². The molecule has 1 aliphatic heterocycles. The summed E-state index contributed by atoms with van der Waals surface area (Å²) in [5.74, 6) is 3.05. The molecule has 1 aromatic carbocycles. The first kappa shape index (κ1) is 21.7. The highest BCUT2D eigenvalue weighted by Crippen LogP contribution is 2.29. The highest BCUT2D eigenvalue weighted by Gasteiger charge is 2.18. The van der Waals surface area contributed by atoms with Crippen LogP contribution < -0.4 is 10.2 Å². The number of nitrogens with one attached hydrogen (secondary N) is 1.